The highest BCUT2D eigenvalue weighted by Gasteiger charge is 2.33. The second-order valence-corrected chi connectivity index (χ2v) is 6.16. The third-order valence-corrected chi connectivity index (χ3v) is 4.62. The molecule has 1 aliphatic rings. The predicted molar refractivity (Wildman–Crippen MR) is 88.9 cm³/mol. The van der Waals surface area contributed by atoms with E-state index in [4.69, 9.17) is 5.26 Å². The highest BCUT2D eigenvalue weighted by Crippen LogP contribution is 2.45. The molecule has 0 amide bonds. The first-order valence-corrected chi connectivity index (χ1v) is 7.82. The van der Waals surface area contributed by atoms with Crippen LogP contribution in [-0.2, 0) is 7.05 Å². The molecule has 1 saturated carbocycles. The lowest BCUT2D eigenvalue weighted by atomic mass is 9.97. The lowest BCUT2D eigenvalue weighted by Gasteiger charge is -2.07. The normalized spacial score (nSPS) is 13.8. The van der Waals surface area contributed by atoms with Gasteiger partial charge in [0.15, 0.2) is 5.78 Å². The van der Waals surface area contributed by atoms with Gasteiger partial charge in [0.1, 0.15) is 11.8 Å². The molecule has 5 heteroatoms. The number of benzene rings is 1. The van der Waals surface area contributed by atoms with Crippen molar-refractivity contribution in [1.29, 1.82) is 5.26 Å². The number of aromatic nitrogens is 2. The van der Waals surface area contributed by atoms with Crippen LogP contribution in [0, 0.1) is 11.3 Å². The highest BCUT2D eigenvalue weighted by molar-refractivity contribution is 6.17. The lowest BCUT2D eigenvalue weighted by Crippen LogP contribution is -2.06. The molecule has 0 spiro atoms. The average Bonchev–Trinajstić information content (AvgIpc) is 3.39. The van der Waals surface area contributed by atoms with Crippen LogP contribution in [0.4, 0.5) is 0 Å². The Balaban J connectivity index is 1.95. The maximum absolute atomic E-state index is 13.2. The fourth-order valence-electron chi connectivity index (χ4n) is 3.28. The molecule has 3 aromatic rings. The van der Waals surface area contributed by atoms with Crippen LogP contribution in [-0.4, -0.2) is 20.4 Å². The number of carbonyl (C=O) groups excluding carboxylic acids is 1. The van der Waals surface area contributed by atoms with Gasteiger partial charge in [-0.15, -0.1) is 0 Å². The number of aryl methyl sites for hydroxylation is 1. The van der Waals surface area contributed by atoms with E-state index in [1.165, 1.54) is 12.1 Å². The fraction of sp³-hybridized carbons (Fsp3) is 0.211. The van der Waals surface area contributed by atoms with Gasteiger partial charge in [-0.2, -0.15) is 5.26 Å². The molecule has 1 aliphatic carbocycles. The first-order chi connectivity index (χ1) is 11.6. The number of rotatable bonds is 3. The fourth-order valence-corrected chi connectivity index (χ4v) is 3.28. The van der Waals surface area contributed by atoms with Crippen molar-refractivity contribution in [1.82, 2.24) is 9.55 Å². The summed E-state index contributed by atoms with van der Waals surface area (Å²) < 4.78 is 2.05. The number of carbonyl (C=O) groups is 1. The molecule has 0 aliphatic heterocycles. The van der Waals surface area contributed by atoms with Gasteiger partial charge in [-0.1, -0.05) is 0 Å². The number of nitrogens with zero attached hydrogens (tertiary/aromatic N) is 3. The van der Waals surface area contributed by atoms with Gasteiger partial charge in [-0.3, -0.25) is 9.78 Å². The van der Waals surface area contributed by atoms with Gasteiger partial charge >= 0.3 is 0 Å². The number of hydrogen-bond donors (Lipinski definition) is 1. The Morgan fingerprint density at radius 2 is 2.17 bits per heavy atom. The second-order valence-electron chi connectivity index (χ2n) is 6.16. The van der Waals surface area contributed by atoms with E-state index in [2.05, 4.69) is 9.55 Å². The van der Waals surface area contributed by atoms with Crippen LogP contribution < -0.4 is 0 Å². The number of pyridine rings is 1. The standard InChI is InChI=1S/C19H15N3O2/c1-22-15-10-21-7-6-14(15)17(18(22)11-2-3-11)19(24)12-4-5-16(23)13(8-12)9-20/h4-8,10-11,23H,2-3H2,1H3. The number of aromatic hydroxyl groups is 1. The largest absolute Gasteiger partial charge is 0.507 e. The van der Waals surface area contributed by atoms with Crippen LogP contribution >= 0.6 is 0 Å². The van der Waals surface area contributed by atoms with E-state index in [0.29, 0.717) is 17.0 Å². The van der Waals surface area contributed by atoms with Crippen LogP contribution in [0.15, 0.2) is 36.7 Å². The molecule has 1 fully saturated rings. The lowest BCUT2D eigenvalue weighted by molar-refractivity contribution is 0.103. The summed E-state index contributed by atoms with van der Waals surface area (Å²) in [5.41, 5.74) is 3.18. The topological polar surface area (TPSA) is 78.9 Å². The van der Waals surface area contributed by atoms with Crippen LogP contribution in [0.1, 0.15) is 45.9 Å². The van der Waals surface area contributed by atoms with Crippen molar-refractivity contribution in [2.45, 2.75) is 18.8 Å². The molecule has 1 aromatic carbocycles. The first-order valence-electron chi connectivity index (χ1n) is 7.82. The zero-order valence-electron chi connectivity index (χ0n) is 13.2. The predicted octanol–water partition coefficient (Wildman–Crippen LogP) is 3.26. The summed E-state index contributed by atoms with van der Waals surface area (Å²) >= 11 is 0. The van der Waals surface area contributed by atoms with Crippen molar-refractivity contribution < 1.29 is 9.90 Å². The molecule has 0 saturated heterocycles. The summed E-state index contributed by atoms with van der Waals surface area (Å²) in [6.07, 6.45) is 5.62. The number of ketones is 1. The van der Waals surface area contributed by atoms with Crippen LogP contribution in [0.2, 0.25) is 0 Å². The van der Waals surface area contributed by atoms with Crippen molar-refractivity contribution in [3.8, 4) is 11.8 Å². The molecule has 118 valence electrons. The summed E-state index contributed by atoms with van der Waals surface area (Å²) in [7, 11) is 1.96. The van der Waals surface area contributed by atoms with Gasteiger partial charge in [0, 0.05) is 35.8 Å². The zero-order valence-corrected chi connectivity index (χ0v) is 13.2. The number of fused-ring (bicyclic) bond motifs is 1. The Labute approximate surface area is 138 Å². The molecule has 5 nitrogen and oxygen atoms in total. The Bertz CT molecular complexity index is 1020. The molecule has 0 unspecified atom stereocenters. The van der Waals surface area contributed by atoms with Crippen molar-refractivity contribution in [2.24, 2.45) is 7.05 Å². The van der Waals surface area contributed by atoms with E-state index < -0.39 is 0 Å². The molecule has 0 atom stereocenters. The summed E-state index contributed by atoms with van der Waals surface area (Å²) in [4.78, 5) is 17.4. The average molecular weight is 317 g/mol. The Morgan fingerprint density at radius 1 is 1.38 bits per heavy atom. The van der Waals surface area contributed by atoms with Gasteiger partial charge in [0.2, 0.25) is 0 Å². The van der Waals surface area contributed by atoms with Crippen LogP contribution in [0.25, 0.3) is 10.9 Å². The smallest absolute Gasteiger partial charge is 0.195 e. The summed E-state index contributed by atoms with van der Waals surface area (Å²) in [6, 6.07) is 8.19. The van der Waals surface area contributed by atoms with E-state index in [1.54, 1.807) is 18.5 Å². The minimum absolute atomic E-state index is 0.107. The SMILES string of the molecule is Cn1c(C2CC2)c(C(=O)c2ccc(O)c(C#N)c2)c2ccncc21. The second kappa shape index (κ2) is 5.20. The van der Waals surface area contributed by atoms with E-state index in [1.807, 2.05) is 19.2 Å². The highest BCUT2D eigenvalue weighted by atomic mass is 16.3. The van der Waals surface area contributed by atoms with Crippen LogP contribution in [0.3, 0.4) is 0 Å². The monoisotopic (exact) mass is 317 g/mol. The maximum Gasteiger partial charge on any atom is 0.195 e. The molecule has 2 aromatic heterocycles. The summed E-state index contributed by atoms with van der Waals surface area (Å²) in [6.45, 7) is 0. The molecule has 0 radical (unpaired) electrons. The van der Waals surface area contributed by atoms with E-state index >= 15 is 0 Å². The quantitative estimate of drug-likeness (QED) is 0.752. The molecular formula is C19H15N3O2. The van der Waals surface area contributed by atoms with Gasteiger partial charge in [0.25, 0.3) is 0 Å². The molecule has 0 bridgehead atoms. The first kappa shape index (κ1) is 14.5. The third kappa shape index (κ3) is 2.08. The van der Waals surface area contributed by atoms with Gasteiger partial charge in [-0.05, 0) is 37.1 Å². The number of nitriles is 1. The minimum atomic E-state index is -0.120. The van der Waals surface area contributed by atoms with Crippen molar-refractivity contribution in [3.63, 3.8) is 0 Å². The summed E-state index contributed by atoms with van der Waals surface area (Å²) in [5, 5.41) is 19.6. The maximum atomic E-state index is 13.2. The Morgan fingerprint density at radius 3 is 2.88 bits per heavy atom. The van der Waals surface area contributed by atoms with E-state index in [0.717, 1.165) is 29.4 Å². The molecule has 24 heavy (non-hydrogen) atoms. The Hall–Kier alpha value is -3.13. The minimum Gasteiger partial charge on any atom is -0.507 e. The molecule has 4 rings (SSSR count). The summed E-state index contributed by atoms with van der Waals surface area (Å²) in [5.74, 6) is 0.165. The third-order valence-electron chi connectivity index (χ3n) is 4.62. The molecule has 1 N–H and O–H groups in total. The molecular weight excluding hydrogens is 302 g/mol. The van der Waals surface area contributed by atoms with Gasteiger partial charge in [0.05, 0.1) is 22.8 Å². The van der Waals surface area contributed by atoms with Gasteiger partial charge < -0.3 is 9.67 Å². The molecule has 2 heterocycles. The van der Waals surface area contributed by atoms with Crippen molar-refractivity contribution in [2.75, 3.05) is 0 Å². The van der Waals surface area contributed by atoms with Crippen LogP contribution in [0.5, 0.6) is 5.75 Å². The van der Waals surface area contributed by atoms with Gasteiger partial charge in [-0.25, -0.2) is 0 Å². The van der Waals surface area contributed by atoms with E-state index in [-0.39, 0.29) is 17.1 Å². The van der Waals surface area contributed by atoms with E-state index in [9.17, 15) is 9.90 Å². The van der Waals surface area contributed by atoms with Crippen molar-refractivity contribution >= 4 is 16.7 Å². The zero-order chi connectivity index (χ0) is 16.8. The Kier molecular flexibility index (Phi) is 3.14. The number of hydrogen-bond acceptors (Lipinski definition) is 4. The number of phenolic OH excluding ortho intramolecular Hbond substituents is 1. The number of phenols is 1. The van der Waals surface area contributed by atoms with Crippen molar-refractivity contribution in [3.05, 3.63) is 59.0 Å².